The number of nitrogens with zero attached hydrogens (tertiary/aromatic N) is 1. The summed E-state index contributed by atoms with van der Waals surface area (Å²) >= 11 is 0. The number of hydrogen-bond acceptors (Lipinski definition) is 8. The standard InChI is InChI=1S/C39H56N4O8/c1-26(2)21-30(40-36(46)33-19-14-20-43(33)38(48)51-39(5,6)7)34(44)42-32(25-49-23-28-15-10-8-11-16-28)35(45)41-31(22-27(3)4)37(47)50-24-29-17-12-9-13-18-29/h8-13,15-18,26-27,30-33H,14,19-25H2,1-7H3,(H,40,46)(H,41,45)(H,42,44)/t30-,31-,32-,33-/m0/s1. The first-order valence-corrected chi connectivity index (χ1v) is 17.9. The molecule has 1 aliphatic heterocycles. The third kappa shape index (κ3) is 14.4. The summed E-state index contributed by atoms with van der Waals surface area (Å²) < 4.78 is 17.0. The molecule has 12 heteroatoms. The summed E-state index contributed by atoms with van der Waals surface area (Å²) in [6.45, 7) is 13.4. The van der Waals surface area contributed by atoms with Crippen molar-refractivity contribution in [3.63, 3.8) is 0 Å². The van der Waals surface area contributed by atoms with E-state index < -0.39 is 59.6 Å². The Morgan fingerprint density at radius 2 is 1.27 bits per heavy atom. The highest BCUT2D eigenvalue weighted by molar-refractivity contribution is 5.95. The molecule has 1 heterocycles. The Balaban J connectivity index is 1.77. The van der Waals surface area contributed by atoms with E-state index in [-0.39, 0.29) is 38.1 Å². The molecule has 0 bridgehead atoms. The molecular weight excluding hydrogens is 652 g/mol. The first kappa shape index (κ1) is 41.0. The molecule has 4 amide bonds. The summed E-state index contributed by atoms with van der Waals surface area (Å²) in [6, 6.07) is 14.7. The molecule has 4 atom stereocenters. The first-order chi connectivity index (χ1) is 24.1. The fourth-order valence-corrected chi connectivity index (χ4v) is 5.66. The van der Waals surface area contributed by atoms with E-state index in [1.165, 1.54) is 4.90 Å². The molecule has 0 radical (unpaired) electrons. The number of hydrogen-bond donors (Lipinski definition) is 3. The SMILES string of the molecule is CC(C)C[C@H](NC(=O)[C@@H]1CCCN1C(=O)OC(C)(C)C)C(=O)N[C@@H](COCc1ccccc1)C(=O)N[C@@H](CC(C)C)C(=O)OCc1ccccc1. The van der Waals surface area contributed by atoms with Crippen molar-refractivity contribution in [3.8, 4) is 0 Å². The van der Waals surface area contributed by atoms with Crippen LogP contribution < -0.4 is 16.0 Å². The van der Waals surface area contributed by atoms with Crippen LogP contribution in [0.15, 0.2) is 60.7 Å². The Kier molecular flexibility index (Phi) is 15.9. The van der Waals surface area contributed by atoms with E-state index in [9.17, 15) is 24.0 Å². The van der Waals surface area contributed by atoms with E-state index in [1.807, 2.05) is 88.4 Å². The molecule has 1 fully saturated rings. The van der Waals surface area contributed by atoms with Crippen molar-refractivity contribution in [1.82, 2.24) is 20.9 Å². The predicted molar refractivity (Wildman–Crippen MR) is 193 cm³/mol. The molecule has 2 aromatic rings. The number of esters is 1. The van der Waals surface area contributed by atoms with E-state index in [1.54, 1.807) is 20.8 Å². The van der Waals surface area contributed by atoms with Gasteiger partial charge in [-0.25, -0.2) is 9.59 Å². The molecule has 0 aliphatic carbocycles. The topological polar surface area (TPSA) is 152 Å². The van der Waals surface area contributed by atoms with Crippen LogP contribution in [-0.4, -0.2) is 77.6 Å². The minimum Gasteiger partial charge on any atom is -0.459 e. The van der Waals surface area contributed by atoms with Crippen molar-refractivity contribution in [2.45, 2.75) is 117 Å². The molecule has 1 saturated heterocycles. The maximum atomic E-state index is 13.9. The van der Waals surface area contributed by atoms with Gasteiger partial charge in [-0.1, -0.05) is 88.4 Å². The van der Waals surface area contributed by atoms with Crippen molar-refractivity contribution >= 4 is 29.8 Å². The van der Waals surface area contributed by atoms with Gasteiger partial charge in [0.1, 0.15) is 36.4 Å². The minimum absolute atomic E-state index is 0.00278. The van der Waals surface area contributed by atoms with Gasteiger partial charge in [0.15, 0.2) is 0 Å². The van der Waals surface area contributed by atoms with Crippen molar-refractivity contribution in [3.05, 3.63) is 71.8 Å². The maximum Gasteiger partial charge on any atom is 0.410 e. The Morgan fingerprint density at radius 1 is 0.745 bits per heavy atom. The summed E-state index contributed by atoms with van der Waals surface area (Å²) in [5.74, 6) is -2.23. The molecule has 2 aromatic carbocycles. The van der Waals surface area contributed by atoms with E-state index in [0.717, 1.165) is 11.1 Å². The third-order valence-electron chi connectivity index (χ3n) is 8.08. The van der Waals surface area contributed by atoms with E-state index in [0.29, 0.717) is 25.8 Å². The molecule has 0 spiro atoms. The van der Waals surface area contributed by atoms with Crippen molar-refractivity contribution < 1.29 is 38.2 Å². The largest absolute Gasteiger partial charge is 0.459 e. The van der Waals surface area contributed by atoms with Crippen LogP contribution in [0.25, 0.3) is 0 Å². The van der Waals surface area contributed by atoms with Gasteiger partial charge in [0.2, 0.25) is 17.7 Å². The molecule has 3 N–H and O–H groups in total. The highest BCUT2D eigenvalue weighted by Crippen LogP contribution is 2.22. The monoisotopic (exact) mass is 708 g/mol. The molecule has 0 aromatic heterocycles. The number of rotatable bonds is 17. The molecule has 280 valence electrons. The van der Waals surface area contributed by atoms with Crippen LogP contribution in [-0.2, 0) is 46.6 Å². The average molecular weight is 709 g/mol. The second-order valence-corrected chi connectivity index (χ2v) is 14.9. The van der Waals surface area contributed by atoms with Crippen LogP contribution in [0.3, 0.4) is 0 Å². The van der Waals surface area contributed by atoms with Crippen LogP contribution in [0.1, 0.15) is 85.3 Å². The van der Waals surface area contributed by atoms with Gasteiger partial charge in [-0.15, -0.1) is 0 Å². The fraction of sp³-hybridized carbons (Fsp3) is 0.564. The molecular formula is C39H56N4O8. The molecule has 1 aliphatic rings. The number of carbonyl (C=O) groups is 5. The van der Waals surface area contributed by atoms with Gasteiger partial charge in [-0.2, -0.15) is 0 Å². The van der Waals surface area contributed by atoms with Gasteiger partial charge in [0, 0.05) is 6.54 Å². The summed E-state index contributed by atoms with van der Waals surface area (Å²) in [7, 11) is 0. The lowest BCUT2D eigenvalue weighted by atomic mass is 10.0. The summed E-state index contributed by atoms with van der Waals surface area (Å²) in [4.78, 5) is 68.8. The van der Waals surface area contributed by atoms with E-state index in [2.05, 4.69) is 16.0 Å². The third-order valence-corrected chi connectivity index (χ3v) is 8.08. The number of ether oxygens (including phenoxy) is 3. The van der Waals surface area contributed by atoms with Gasteiger partial charge in [-0.05, 0) is 69.4 Å². The Hall–Kier alpha value is -4.45. The number of amides is 4. The van der Waals surface area contributed by atoms with E-state index >= 15 is 0 Å². The molecule has 3 rings (SSSR count). The minimum atomic E-state index is -1.20. The summed E-state index contributed by atoms with van der Waals surface area (Å²) in [5, 5.41) is 8.40. The number of benzene rings is 2. The summed E-state index contributed by atoms with van der Waals surface area (Å²) in [6.07, 6.45) is 1.04. The Labute approximate surface area is 302 Å². The zero-order chi connectivity index (χ0) is 37.6. The predicted octanol–water partition coefficient (Wildman–Crippen LogP) is 4.89. The van der Waals surface area contributed by atoms with Gasteiger partial charge in [0.05, 0.1) is 13.2 Å². The van der Waals surface area contributed by atoms with Gasteiger partial charge in [0.25, 0.3) is 0 Å². The van der Waals surface area contributed by atoms with Gasteiger partial charge >= 0.3 is 12.1 Å². The fourth-order valence-electron chi connectivity index (χ4n) is 5.66. The maximum absolute atomic E-state index is 13.9. The van der Waals surface area contributed by atoms with E-state index in [4.69, 9.17) is 14.2 Å². The summed E-state index contributed by atoms with van der Waals surface area (Å²) in [5.41, 5.74) is 0.956. The zero-order valence-electron chi connectivity index (χ0n) is 31.1. The van der Waals surface area contributed by atoms with Gasteiger partial charge < -0.3 is 30.2 Å². The second kappa shape index (κ2) is 19.8. The number of nitrogens with one attached hydrogen (secondary N) is 3. The number of likely N-dealkylation sites (tertiary alicyclic amines) is 1. The van der Waals surface area contributed by atoms with Crippen LogP contribution in [0.2, 0.25) is 0 Å². The first-order valence-electron chi connectivity index (χ1n) is 17.9. The van der Waals surface area contributed by atoms with Crippen LogP contribution in [0, 0.1) is 11.8 Å². The Morgan fingerprint density at radius 3 is 1.84 bits per heavy atom. The average Bonchev–Trinajstić information content (AvgIpc) is 3.57. The van der Waals surface area contributed by atoms with Crippen LogP contribution in [0.5, 0.6) is 0 Å². The lowest BCUT2D eigenvalue weighted by Gasteiger charge is -2.30. The number of carbonyl (C=O) groups excluding carboxylic acids is 5. The normalized spacial score (nSPS) is 16.3. The van der Waals surface area contributed by atoms with Crippen LogP contribution >= 0.6 is 0 Å². The second-order valence-electron chi connectivity index (χ2n) is 14.9. The molecule has 0 saturated carbocycles. The lowest BCUT2D eigenvalue weighted by Crippen LogP contribution is -2.59. The van der Waals surface area contributed by atoms with Crippen molar-refractivity contribution in [2.24, 2.45) is 11.8 Å². The Bertz CT molecular complexity index is 1430. The zero-order valence-corrected chi connectivity index (χ0v) is 31.1. The van der Waals surface area contributed by atoms with Crippen molar-refractivity contribution in [1.29, 1.82) is 0 Å². The highest BCUT2D eigenvalue weighted by Gasteiger charge is 2.39. The molecule has 0 unspecified atom stereocenters. The van der Waals surface area contributed by atoms with Crippen LogP contribution in [0.4, 0.5) is 4.79 Å². The molecule has 51 heavy (non-hydrogen) atoms. The quantitative estimate of drug-likeness (QED) is 0.197. The highest BCUT2D eigenvalue weighted by atomic mass is 16.6. The molecule has 12 nitrogen and oxygen atoms in total. The van der Waals surface area contributed by atoms with Crippen molar-refractivity contribution in [2.75, 3.05) is 13.2 Å². The smallest absolute Gasteiger partial charge is 0.410 e. The lowest BCUT2D eigenvalue weighted by molar-refractivity contribution is -0.150. The van der Waals surface area contributed by atoms with Gasteiger partial charge in [-0.3, -0.25) is 19.3 Å².